The number of rotatable bonds is 5. The van der Waals surface area contributed by atoms with Crippen molar-refractivity contribution in [1.29, 1.82) is 0 Å². The molecule has 2 amide bonds. The quantitative estimate of drug-likeness (QED) is 0.608. The first kappa shape index (κ1) is 26.7. The number of amides is 2. The van der Waals surface area contributed by atoms with E-state index < -0.39 is 5.60 Å². The van der Waals surface area contributed by atoms with E-state index >= 15 is 0 Å². The van der Waals surface area contributed by atoms with Gasteiger partial charge in [-0.15, -0.1) is 0 Å². The molecule has 8 heteroatoms. The highest BCUT2D eigenvalue weighted by molar-refractivity contribution is 5.68. The third-order valence-corrected chi connectivity index (χ3v) is 7.63. The van der Waals surface area contributed by atoms with Gasteiger partial charge in [0, 0.05) is 51.9 Å². The lowest BCUT2D eigenvalue weighted by Crippen LogP contribution is -2.52. The minimum Gasteiger partial charge on any atom is -0.445 e. The average Bonchev–Trinajstić information content (AvgIpc) is 2.88. The molecule has 0 spiro atoms. The molecule has 0 saturated carbocycles. The molecule has 1 aromatic carbocycles. The second-order valence-electron chi connectivity index (χ2n) is 11.5. The lowest BCUT2D eigenvalue weighted by Gasteiger charge is -2.43. The largest absolute Gasteiger partial charge is 0.445 e. The molecule has 0 N–H and O–H groups in total. The van der Waals surface area contributed by atoms with Crippen molar-refractivity contribution < 1.29 is 19.1 Å². The summed E-state index contributed by atoms with van der Waals surface area (Å²) >= 11 is 0. The fourth-order valence-corrected chi connectivity index (χ4v) is 5.53. The number of hydrogen-bond donors (Lipinski definition) is 0. The predicted octanol–water partition coefficient (Wildman–Crippen LogP) is 4.05. The van der Waals surface area contributed by atoms with E-state index in [1.165, 1.54) is 12.8 Å². The van der Waals surface area contributed by atoms with Gasteiger partial charge in [-0.25, -0.2) is 9.59 Å². The maximum absolute atomic E-state index is 12.5. The average molecular weight is 501 g/mol. The summed E-state index contributed by atoms with van der Waals surface area (Å²) < 4.78 is 11.0. The number of likely N-dealkylation sites (tertiary alicyclic amines) is 2. The zero-order chi connectivity index (χ0) is 25.5. The number of carbonyl (C=O) groups excluding carboxylic acids is 2. The van der Waals surface area contributed by atoms with Gasteiger partial charge in [0.1, 0.15) is 12.2 Å². The van der Waals surface area contributed by atoms with Gasteiger partial charge in [-0.1, -0.05) is 30.3 Å². The topological polar surface area (TPSA) is 65.6 Å². The van der Waals surface area contributed by atoms with Crippen LogP contribution in [0.2, 0.25) is 0 Å². The Morgan fingerprint density at radius 3 is 2.03 bits per heavy atom. The Morgan fingerprint density at radius 1 is 0.806 bits per heavy atom. The van der Waals surface area contributed by atoms with E-state index in [0.29, 0.717) is 12.6 Å². The van der Waals surface area contributed by atoms with Gasteiger partial charge in [-0.05, 0) is 71.0 Å². The van der Waals surface area contributed by atoms with Crippen LogP contribution in [-0.2, 0) is 16.1 Å². The SMILES string of the molecule is CC(C)(C)OC(=O)N1CCN(CC2CCN(C3CCN(C(=O)OCc4ccccc4)CC3)CC2)CC1. The third-order valence-electron chi connectivity index (χ3n) is 7.63. The third kappa shape index (κ3) is 7.84. The number of piperidine rings is 2. The number of piperazine rings is 1. The van der Waals surface area contributed by atoms with Crippen LogP contribution in [0.5, 0.6) is 0 Å². The van der Waals surface area contributed by atoms with Gasteiger partial charge in [-0.2, -0.15) is 0 Å². The maximum atomic E-state index is 12.5. The zero-order valence-electron chi connectivity index (χ0n) is 22.4. The van der Waals surface area contributed by atoms with Gasteiger partial charge in [0.05, 0.1) is 0 Å². The number of hydrogen-bond acceptors (Lipinski definition) is 6. The van der Waals surface area contributed by atoms with Gasteiger partial charge in [-0.3, -0.25) is 4.90 Å². The number of nitrogens with zero attached hydrogens (tertiary/aromatic N) is 4. The number of carbonyl (C=O) groups is 2. The Morgan fingerprint density at radius 2 is 1.42 bits per heavy atom. The van der Waals surface area contributed by atoms with E-state index in [9.17, 15) is 9.59 Å². The number of benzene rings is 1. The highest BCUT2D eigenvalue weighted by atomic mass is 16.6. The van der Waals surface area contributed by atoms with Crippen molar-refractivity contribution in [2.75, 3.05) is 58.9 Å². The maximum Gasteiger partial charge on any atom is 0.410 e. The van der Waals surface area contributed by atoms with Crippen LogP contribution in [0.4, 0.5) is 9.59 Å². The molecule has 4 rings (SSSR count). The Labute approximate surface area is 216 Å². The fourth-order valence-electron chi connectivity index (χ4n) is 5.53. The molecule has 36 heavy (non-hydrogen) atoms. The van der Waals surface area contributed by atoms with Crippen molar-refractivity contribution in [3.05, 3.63) is 35.9 Å². The van der Waals surface area contributed by atoms with Crippen LogP contribution < -0.4 is 0 Å². The van der Waals surface area contributed by atoms with Crippen molar-refractivity contribution in [2.24, 2.45) is 5.92 Å². The predicted molar refractivity (Wildman–Crippen MR) is 140 cm³/mol. The molecule has 0 bridgehead atoms. The highest BCUT2D eigenvalue weighted by Gasteiger charge is 2.32. The summed E-state index contributed by atoms with van der Waals surface area (Å²) in [4.78, 5) is 33.6. The molecule has 0 unspecified atom stereocenters. The van der Waals surface area contributed by atoms with Crippen molar-refractivity contribution in [2.45, 2.75) is 64.7 Å². The first-order valence-electron chi connectivity index (χ1n) is 13.7. The van der Waals surface area contributed by atoms with E-state index in [1.807, 2.05) is 60.9 Å². The summed E-state index contributed by atoms with van der Waals surface area (Å²) in [6.45, 7) is 14.4. The van der Waals surface area contributed by atoms with E-state index in [0.717, 1.165) is 83.2 Å². The molecule has 3 aliphatic rings. The highest BCUT2D eigenvalue weighted by Crippen LogP contribution is 2.25. The van der Waals surface area contributed by atoms with Crippen LogP contribution in [-0.4, -0.2) is 102 Å². The van der Waals surface area contributed by atoms with E-state index in [-0.39, 0.29) is 12.2 Å². The second-order valence-corrected chi connectivity index (χ2v) is 11.5. The van der Waals surface area contributed by atoms with Crippen molar-refractivity contribution in [3.63, 3.8) is 0 Å². The number of ether oxygens (including phenoxy) is 2. The molecule has 200 valence electrons. The Kier molecular flexibility index (Phi) is 9.12. The summed E-state index contributed by atoms with van der Waals surface area (Å²) in [5.74, 6) is 0.724. The van der Waals surface area contributed by atoms with Gasteiger partial charge in [0.2, 0.25) is 0 Å². The van der Waals surface area contributed by atoms with Gasteiger partial charge < -0.3 is 24.2 Å². The molecule has 0 aliphatic carbocycles. The lowest BCUT2D eigenvalue weighted by molar-refractivity contribution is 0.0113. The molecule has 1 aromatic rings. The summed E-state index contributed by atoms with van der Waals surface area (Å²) in [7, 11) is 0. The molecule has 0 radical (unpaired) electrons. The smallest absolute Gasteiger partial charge is 0.410 e. The molecule has 8 nitrogen and oxygen atoms in total. The van der Waals surface area contributed by atoms with Crippen LogP contribution >= 0.6 is 0 Å². The minimum atomic E-state index is -0.440. The monoisotopic (exact) mass is 500 g/mol. The molecule has 3 heterocycles. The normalized spacial score (nSPS) is 21.4. The molecule has 3 aliphatic heterocycles. The van der Waals surface area contributed by atoms with Crippen molar-refractivity contribution in [1.82, 2.24) is 19.6 Å². The first-order chi connectivity index (χ1) is 17.3. The van der Waals surface area contributed by atoms with Gasteiger partial charge in [0.15, 0.2) is 0 Å². The molecule has 3 fully saturated rings. The summed E-state index contributed by atoms with van der Waals surface area (Å²) in [5.41, 5.74) is 0.582. The van der Waals surface area contributed by atoms with Crippen molar-refractivity contribution >= 4 is 12.2 Å². The minimum absolute atomic E-state index is 0.189. The fraction of sp³-hybridized carbons (Fsp3) is 0.714. The molecular weight excluding hydrogens is 456 g/mol. The summed E-state index contributed by atoms with van der Waals surface area (Å²) in [5, 5.41) is 0. The second kappa shape index (κ2) is 12.3. The summed E-state index contributed by atoms with van der Waals surface area (Å²) in [6.07, 6.45) is 4.13. The Bertz CT molecular complexity index is 835. The molecule has 3 saturated heterocycles. The Balaban J connectivity index is 1.10. The van der Waals surface area contributed by atoms with Crippen LogP contribution in [0.1, 0.15) is 52.0 Å². The van der Waals surface area contributed by atoms with E-state index in [1.54, 1.807) is 0 Å². The van der Waals surface area contributed by atoms with Crippen LogP contribution in [0.3, 0.4) is 0 Å². The van der Waals surface area contributed by atoms with Crippen molar-refractivity contribution in [3.8, 4) is 0 Å². The zero-order valence-corrected chi connectivity index (χ0v) is 22.4. The van der Waals surface area contributed by atoms with E-state index in [4.69, 9.17) is 9.47 Å². The molecular formula is C28H44N4O4. The van der Waals surface area contributed by atoms with Gasteiger partial charge >= 0.3 is 12.2 Å². The van der Waals surface area contributed by atoms with E-state index in [2.05, 4.69) is 9.80 Å². The van der Waals surface area contributed by atoms with Crippen LogP contribution in [0, 0.1) is 5.92 Å². The Hall–Kier alpha value is -2.32. The van der Waals surface area contributed by atoms with Crippen LogP contribution in [0.15, 0.2) is 30.3 Å². The lowest BCUT2D eigenvalue weighted by atomic mass is 9.93. The molecule has 0 atom stereocenters. The molecule has 0 aromatic heterocycles. The van der Waals surface area contributed by atoms with Crippen LogP contribution in [0.25, 0.3) is 0 Å². The summed E-state index contributed by atoms with van der Waals surface area (Å²) in [6, 6.07) is 10.4. The van der Waals surface area contributed by atoms with Gasteiger partial charge in [0.25, 0.3) is 0 Å². The first-order valence-corrected chi connectivity index (χ1v) is 13.7. The standard InChI is InChI=1S/C28H44N4O4/c1-28(2,3)36-27(34)32-19-17-29(18-20-32)21-23-9-13-30(14-10-23)25-11-15-31(16-12-25)26(33)35-22-24-7-5-4-6-8-24/h4-8,23,25H,9-22H2,1-3H3.